The molecule has 0 fully saturated rings. The topological polar surface area (TPSA) is 75.7 Å². The van der Waals surface area contributed by atoms with Crippen LogP contribution in [-0.2, 0) is 14.3 Å². The highest BCUT2D eigenvalue weighted by molar-refractivity contribution is 7.21. The highest BCUT2D eigenvalue weighted by Gasteiger charge is 2.21. The van der Waals surface area contributed by atoms with E-state index in [1.54, 1.807) is 12.1 Å². The van der Waals surface area contributed by atoms with Gasteiger partial charge in [-0.05, 0) is 25.1 Å². The largest absolute Gasteiger partial charge is 0.451 e. The number of likely N-dealkylation sites (N-methyl/N-ethyl adjacent to an activating group) is 1. The molecule has 6 nitrogen and oxygen atoms in total. The number of amides is 2. The third-order valence-electron chi connectivity index (χ3n) is 4.19. The van der Waals surface area contributed by atoms with Gasteiger partial charge in [0.1, 0.15) is 4.88 Å². The van der Waals surface area contributed by atoms with Gasteiger partial charge >= 0.3 is 5.97 Å². The molecule has 2 amide bonds. The lowest BCUT2D eigenvalue weighted by Gasteiger charge is -2.16. The fourth-order valence-electron chi connectivity index (χ4n) is 2.59. The summed E-state index contributed by atoms with van der Waals surface area (Å²) in [6, 6.07) is 14.7. The zero-order valence-electron chi connectivity index (χ0n) is 15.9. The lowest BCUT2D eigenvalue weighted by molar-refractivity contribution is -0.136. The Morgan fingerprint density at radius 2 is 1.79 bits per heavy atom. The minimum absolute atomic E-state index is 0.159. The number of carbonyl (C=O) groups is 3. The molecule has 1 N–H and O–H groups in total. The number of hydrogen-bond donors (Lipinski definition) is 1. The maximum Gasteiger partial charge on any atom is 0.350 e. The molecule has 0 aliphatic carbocycles. The van der Waals surface area contributed by atoms with E-state index < -0.39 is 18.5 Å². The number of anilines is 1. The third-order valence-corrected chi connectivity index (χ3v) is 5.84. The first-order chi connectivity index (χ1) is 13.8. The van der Waals surface area contributed by atoms with Gasteiger partial charge in [-0.1, -0.05) is 47.5 Å². The number of ether oxygens (including phenoxy) is 1. The second-order valence-corrected chi connectivity index (χ2v) is 7.91. The van der Waals surface area contributed by atoms with Gasteiger partial charge in [0.2, 0.25) is 5.91 Å². The van der Waals surface area contributed by atoms with Crippen LogP contribution in [0.15, 0.2) is 48.5 Å². The molecule has 3 rings (SSSR count). The van der Waals surface area contributed by atoms with Crippen LogP contribution in [0.25, 0.3) is 10.1 Å². The van der Waals surface area contributed by atoms with Crippen molar-refractivity contribution in [1.82, 2.24) is 4.90 Å². The number of rotatable bonds is 6. The van der Waals surface area contributed by atoms with E-state index in [4.69, 9.17) is 16.3 Å². The van der Waals surface area contributed by atoms with Crippen LogP contribution >= 0.6 is 22.9 Å². The van der Waals surface area contributed by atoms with Gasteiger partial charge in [-0.15, -0.1) is 11.3 Å². The summed E-state index contributed by atoms with van der Waals surface area (Å²) in [6.45, 7) is 1.32. The van der Waals surface area contributed by atoms with Crippen LogP contribution < -0.4 is 5.32 Å². The number of nitrogens with zero attached hydrogens (tertiary/aromatic N) is 1. The molecule has 1 heterocycles. The highest BCUT2D eigenvalue weighted by Crippen LogP contribution is 2.35. The number of hydrogen-bond acceptors (Lipinski definition) is 5. The molecule has 8 heteroatoms. The highest BCUT2D eigenvalue weighted by atomic mass is 35.5. The summed E-state index contributed by atoms with van der Waals surface area (Å²) in [5, 5.41) is 3.79. The van der Waals surface area contributed by atoms with E-state index in [2.05, 4.69) is 5.32 Å². The van der Waals surface area contributed by atoms with Crippen molar-refractivity contribution in [3.05, 3.63) is 64.0 Å². The molecular weight excluding hydrogens is 412 g/mol. The minimum Gasteiger partial charge on any atom is -0.451 e. The molecule has 0 unspecified atom stereocenters. The fraction of sp³-hybridized carbons (Fsp3) is 0.190. The van der Waals surface area contributed by atoms with Crippen molar-refractivity contribution >= 4 is 56.5 Å². The van der Waals surface area contributed by atoms with Crippen molar-refractivity contribution in [2.24, 2.45) is 0 Å². The summed E-state index contributed by atoms with van der Waals surface area (Å²) < 4.78 is 5.96. The molecule has 0 aliphatic heterocycles. The molecule has 0 atom stereocenters. The average molecular weight is 431 g/mol. The van der Waals surface area contributed by atoms with Gasteiger partial charge in [0.25, 0.3) is 5.91 Å². The number of carbonyl (C=O) groups excluding carboxylic acids is 3. The van der Waals surface area contributed by atoms with Gasteiger partial charge in [-0.25, -0.2) is 4.79 Å². The lowest BCUT2D eigenvalue weighted by atomic mass is 10.2. The maximum atomic E-state index is 12.3. The first-order valence-corrected chi connectivity index (χ1v) is 9.99. The monoisotopic (exact) mass is 430 g/mol. The Hall–Kier alpha value is -2.90. The van der Waals surface area contributed by atoms with Crippen molar-refractivity contribution < 1.29 is 19.1 Å². The van der Waals surface area contributed by atoms with Gasteiger partial charge in [0.15, 0.2) is 6.61 Å². The second kappa shape index (κ2) is 9.07. The van der Waals surface area contributed by atoms with Gasteiger partial charge in [0.05, 0.1) is 11.6 Å². The Kier molecular flexibility index (Phi) is 6.51. The summed E-state index contributed by atoms with van der Waals surface area (Å²) in [7, 11) is 1.47. The molecular formula is C21H19ClN2O4S. The van der Waals surface area contributed by atoms with Crippen molar-refractivity contribution in [3.63, 3.8) is 0 Å². The second-order valence-electron chi connectivity index (χ2n) is 6.48. The molecule has 150 valence electrons. The zero-order chi connectivity index (χ0) is 21.0. The van der Waals surface area contributed by atoms with Crippen LogP contribution in [0.2, 0.25) is 5.02 Å². The number of halogens is 1. The molecule has 0 spiro atoms. The van der Waals surface area contributed by atoms with Crippen LogP contribution in [0.5, 0.6) is 0 Å². The van der Waals surface area contributed by atoms with E-state index in [9.17, 15) is 14.4 Å². The molecule has 0 bridgehead atoms. The fourth-order valence-corrected chi connectivity index (χ4v) is 3.99. The summed E-state index contributed by atoms with van der Waals surface area (Å²) in [5.74, 6) is -1.50. The van der Waals surface area contributed by atoms with Crippen molar-refractivity contribution in [1.29, 1.82) is 0 Å². The Morgan fingerprint density at radius 3 is 2.48 bits per heavy atom. The predicted octanol–water partition coefficient (Wildman–Crippen LogP) is 4.12. The Bertz CT molecular complexity index is 1060. The zero-order valence-corrected chi connectivity index (χ0v) is 17.5. The number of fused-ring (bicyclic) bond motifs is 1. The van der Waals surface area contributed by atoms with E-state index in [1.165, 1.54) is 23.3 Å². The normalized spacial score (nSPS) is 10.6. The molecule has 0 radical (unpaired) electrons. The van der Waals surface area contributed by atoms with Crippen LogP contribution in [-0.4, -0.2) is 42.9 Å². The van der Waals surface area contributed by atoms with Crippen LogP contribution in [0.4, 0.5) is 5.69 Å². The molecule has 3 aromatic rings. The predicted molar refractivity (Wildman–Crippen MR) is 115 cm³/mol. The van der Waals surface area contributed by atoms with Crippen LogP contribution in [0.1, 0.15) is 15.2 Å². The minimum atomic E-state index is -0.665. The Balaban J connectivity index is 1.52. The van der Waals surface area contributed by atoms with E-state index in [0.717, 1.165) is 15.6 Å². The van der Waals surface area contributed by atoms with Gasteiger partial charge in [-0.2, -0.15) is 0 Å². The van der Waals surface area contributed by atoms with Crippen molar-refractivity contribution in [2.75, 3.05) is 25.5 Å². The van der Waals surface area contributed by atoms with E-state index in [-0.39, 0.29) is 17.3 Å². The van der Waals surface area contributed by atoms with Crippen molar-refractivity contribution in [2.45, 2.75) is 6.92 Å². The summed E-state index contributed by atoms with van der Waals surface area (Å²) >= 11 is 7.46. The van der Waals surface area contributed by atoms with E-state index in [1.807, 2.05) is 43.3 Å². The maximum absolute atomic E-state index is 12.3. The van der Waals surface area contributed by atoms with Crippen molar-refractivity contribution in [3.8, 4) is 0 Å². The summed E-state index contributed by atoms with van der Waals surface area (Å²) in [6.07, 6.45) is 0. The third kappa shape index (κ3) is 5.13. The quantitative estimate of drug-likeness (QED) is 0.597. The lowest BCUT2D eigenvalue weighted by Crippen LogP contribution is -2.37. The number of aryl methyl sites for hydroxylation is 1. The SMILES string of the molecule is Cc1ccc(NC(=O)CN(C)C(=O)COC(=O)c2sc3ccccc3c2Cl)cc1. The molecule has 0 saturated carbocycles. The molecule has 2 aromatic carbocycles. The van der Waals surface area contributed by atoms with Crippen LogP contribution in [0, 0.1) is 6.92 Å². The Labute approximate surface area is 177 Å². The molecule has 0 aliphatic rings. The summed E-state index contributed by atoms with van der Waals surface area (Å²) in [4.78, 5) is 38.0. The first kappa shape index (κ1) is 20.8. The smallest absolute Gasteiger partial charge is 0.350 e. The number of nitrogens with one attached hydrogen (secondary N) is 1. The average Bonchev–Trinajstić information content (AvgIpc) is 3.04. The van der Waals surface area contributed by atoms with Gasteiger partial charge in [0, 0.05) is 22.8 Å². The standard InChI is InChI=1S/C21H19ClN2O4S/c1-13-7-9-14(10-8-13)23-17(25)11-24(2)18(26)12-28-21(27)20-19(22)15-5-3-4-6-16(15)29-20/h3-10H,11-12H2,1-2H3,(H,23,25). The summed E-state index contributed by atoms with van der Waals surface area (Å²) in [5.41, 5.74) is 1.73. The number of esters is 1. The van der Waals surface area contributed by atoms with E-state index >= 15 is 0 Å². The van der Waals surface area contributed by atoms with E-state index in [0.29, 0.717) is 10.7 Å². The molecule has 29 heavy (non-hydrogen) atoms. The van der Waals surface area contributed by atoms with Crippen LogP contribution in [0.3, 0.4) is 0 Å². The number of benzene rings is 2. The Morgan fingerprint density at radius 1 is 1.10 bits per heavy atom. The molecule has 1 aromatic heterocycles. The van der Waals surface area contributed by atoms with Gasteiger partial charge < -0.3 is 15.0 Å². The molecule has 0 saturated heterocycles. The van der Waals surface area contributed by atoms with Gasteiger partial charge in [-0.3, -0.25) is 9.59 Å². The first-order valence-electron chi connectivity index (χ1n) is 8.80. The number of thiophene rings is 1.